The van der Waals surface area contributed by atoms with E-state index in [0.29, 0.717) is 22.3 Å². The summed E-state index contributed by atoms with van der Waals surface area (Å²) in [7, 11) is 1.57. The largest absolute Gasteiger partial charge is 0.497 e. The number of benzene rings is 2. The summed E-state index contributed by atoms with van der Waals surface area (Å²) in [5.74, 6) is 0.660. The molecule has 5 nitrogen and oxygen atoms in total. The monoisotopic (exact) mass is 268 g/mol. The Kier molecular flexibility index (Phi) is 2.87. The van der Waals surface area contributed by atoms with Crippen molar-refractivity contribution >= 4 is 16.6 Å². The quantitative estimate of drug-likeness (QED) is 0.581. The van der Waals surface area contributed by atoms with Crippen molar-refractivity contribution in [2.24, 2.45) is 0 Å². The fraction of sp³-hybridized carbons (Fsp3) is 0.0667. The van der Waals surface area contributed by atoms with Crippen LogP contribution in [-0.2, 0) is 0 Å². The topological polar surface area (TPSA) is 68.2 Å². The maximum absolute atomic E-state index is 11.4. The lowest BCUT2D eigenvalue weighted by Gasteiger charge is -1.97. The third-order valence-corrected chi connectivity index (χ3v) is 3.22. The van der Waals surface area contributed by atoms with Gasteiger partial charge in [0.1, 0.15) is 11.4 Å². The number of nitrogens with one attached hydrogen (secondary N) is 1. The molecule has 0 unspecified atom stereocenters. The second kappa shape index (κ2) is 4.70. The zero-order valence-electron chi connectivity index (χ0n) is 10.8. The zero-order chi connectivity index (χ0) is 14.1. The van der Waals surface area contributed by atoms with Gasteiger partial charge in [0.15, 0.2) is 0 Å². The molecule has 0 aliphatic heterocycles. The molecule has 1 aromatic heterocycles. The van der Waals surface area contributed by atoms with E-state index in [-0.39, 0.29) is 10.6 Å². The van der Waals surface area contributed by atoms with Crippen LogP contribution in [-0.4, -0.2) is 17.0 Å². The first-order chi connectivity index (χ1) is 9.70. The highest BCUT2D eigenvalue weighted by Gasteiger charge is 2.22. The predicted octanol–water partition coefficient (Wildman–Crippen LogP) is 3.75. The van der Waals surface area contributed by atoms with Crippen LogP contribution in [0.3, 0.4) is 0 Å². The highest BCUT2D eigenvalue weighted by molar-refractivity contribution is 5.98. The second-order valence-electron chi connectivity index (χ2n) is 4.38. The molecule has 100 valence electrons. The molecule has 0 aliphatic carbocycles. The molecular weight excluding hydrogens is 256 g/mol. The van der Waals surface area contributed by atoms with E-state index in [1.54, 1.807) is 25.3 Å². The summed E-state index contributed by atoms with van der Waals surface area (Å²) in [5, 5.41) is 12.0. The third-order valence-electron chi connectivity index (χ3n) is 3.22. The van der Waals surface area contributed by atoms with Crippen molar-refractivity contribution in [1.82, 2.24) is 4.98 Å². The van der Waals surface area contributed by atoms with Crippen molar-refractivity contribution in [2.75, 3.05) is 7.11 Å². The van der Waals surface area contributed by atoms with E-state index in [1.165, 1.54) is 0 Å². The van der Waals surface area contributed by atoms with Gasteiger partial charge in [0.25, 0.3) is 0 Å². The molecule has 1 N–H and O–H groups in total. The maximum Gasteiger partial charge on any atom is 0.302 e. The number of nitro groups is 1. The molecule has 0 fully saturated rings. The van der Waals surface area contributed by atoms with E-state index in [2.05, 4.69) is 4.98 Å². The molecular formula is C15H12N2O3. The van der Waals surface area contributed by atoms with Gasteiger partial charge >= 0.3 is 5.69 Å². The molecule has 3 rings (SSSR count). The predicted molar refractivity (Wildman–Crippen MR) is 76.9 cm³/mol. The SMILES string of the molecule is COc1ccc2c([N+](=O)[O-])c(-c3ccccc3)[nH]c2c1. The molecule has 0 amide bonds. The minimum absolute atomic E-state index is 0.0915. The average Bonchev–Trinajstić information content (AvgIpc) is 2.86. The van der Waals surface area contributed by atoms with Crippen LogP contribution in [0.15, 0.2) is 48.5 Å². The van der Waals surface area contributed by atoms with E-state index < -0.39 is 0 Å². The number of aromatic nitrogens is 1. The average molecular weight is 268 g/mol. The van der Waals surface area contributed by atoms with Gasteiger partial charge in [-0.05, 0) is 12.1 Å². The van der Waals surface area contributed by atoms with Crippen molar-refractivity contribution in [3.8, 4) is 17.0 Å². The van der Waals surface area contributed by atoms with Crippen LogP contribution >= 0.6 is 0 Å². The number of methoxy groups -OCH3 is 1. The van der Waals surface area contributed by atoms with Crippen molar-refractivity contribution in [2.45, 2.75) is 0 Å². The maximum atomic E-state index is 11.4. The second-order valence-corrected chi connectivity index (χ2v) is 4.38. The van der Waals surface area contributed by atoms with Crippen LogP contribution in [0.5, 0.6) is 5.75 Å². The molecule has 5 heteroatoms. The zero-order valence-corrected chi connectivity index (χ0v) is 10.8. The minimum Gasteiger partial charge on any atom is -0.497 e. The molecule has 0 radical (unpaired) electrons. The Balaban J connectivity index is 2.31. The van der Waals surface area contributed by atoms with Gasteiger partial charge in [0.2, 0.25) is 0 Å². The molecule has 2 aromatic carbocycles. The number of nitrogens with zero attached hydrogens (tertiary/aromatic N) is 1. The van der Waals surface area contributed by atoms with Crippen LogP contribution < -0.4 is 4.74 Å². The van der Waals surface area contributed by atoms with Crippen molar-refractivity contribution in [3.63, 3.8) is 0 Å². The van der Waals surface area contributed by atoms with Crippen LogP contribution in [0.4, 0.5) is 5.69 Å². The van der Waals surface area contributed by atoms with Gasteiger partial charge in [-0.2, -0.15) is 0 Å². The van der Waals surface area contributed by atoms with E-state index in [0.717, 1.165) is 5.56 Å². The molecule has 0 bridgehead atoms. The molecule has 0 aliphatic rings. The summed E-state index contributed by atoms with van der Waals surface area (Å²) in [6.45, 7) is 0. The fourth-order valence-electron chi connectivity index (χ4n) is 2.29. The molecule has 20 heavy (non-hydrogen) atoms. The summed E-state index contributed by atoms with van der Waals surface area (Å²) in [6, 6.07) is 14.4. The Morgan fingerprint density at radius 2 is 1.90 bits per heavy atom. The normalized spacial score (nSPS) is 10.7. The molecule has 0 saturated heterocycles. The number of hydrogen-bond acceptors (Lipinski definition) is 3. The lowest BCUT2D eigenvalue weighted by molar-refractivity contribution is -0.382. The van der Waals surface area contributed by atoms with Crippen LogP contribution in [0, 0.1) is 10.1 Å². The number of fused-ring (bicyclic) bond motifs is 1. The van der Waals surface area contributed by atoms with Gasteiger partial charge in [-0.1, -0.05) is 30.3 Å². The van der Waals surface area contributed by atoms with E-state index >= 15 is 0 Å². The van der Waals surface area contributed by atoms with Crippen molar-refractivity contribution < 1.29 is 9.66 Å². The highest BCUT2D eigenvalue weighted by atomic mass is 16.6. The van der Waals surface area contributed by atoms with Gasteiger partial charge in [0.05, 0.1) is 22.9 Å². The first-order valence-corrected chi connectivity index (χ1v) is 6.10. The van der Waals surface area contributed by atoms with Crippen LogP contribution in [0.2, 0.25) is 0 Å². The van der Waals surface area contributed by atoms with Crippen LogP contribution in [0.25, 0.3) is 22.2 Å². The van der Waals surface area contributed by atoms with Gasteiger partial charge in [0, 0.05) is 11.6 Å². The molecule has 3 aromatic rings. The molecule has 0 saturated carbocycles. The Morgan fingerprint density at radius 3 is 2.55 bits per heavy atom. The Bertz CT molecular complexity index is 778. The first kappa shape index (κ1) is 12.2. The third kappa shape index (κ3) is 1.89. The summed E-state index contributed by atoms with van der Waals surface area (Å²) < 4.78 is 5.15. The summed E-state index contributed by atoms with van der Waals surface area (Å²) in [5.41, 5.74) is 2.08. The van der Waals surface area contributed by atoms with Gasteiger partial charge in [-0.3, -0.25) is 10.1 Å². The molecule has 0 spiro atoms. The Morgan fingerprint density at radius 1 is 1.15 bits per heavy atom. The minimum atomic E-state index is -0.354. The summed E-state index contributed by atoms with van der Waals surface area (Å²) in [6.07, 6.45) is 0. The Labute approximate surface area is 115 Å². The van der Waals surface area contributed by atoms with E-state index in [4.69, 9.17) is 4.74 Å². The number of ether oxygens (including phenoxy) is 1. The highest BCUT2D eigenvalue weighted by Crippen LogP contribution is 2.37. The van der Waals surface area contributed by atoms with Crippen molar-refractivity contribution in [1.29, 1.82) is 0 Å². The van der Waals surface area contributed by atoms with Gasteiger partial charge in [-0.15, -0.1) is 0 Å². The van der Waals surface area contributed by atoms with E-state index in [9.17, 15) is 10.1 Å². The van der Waals surface area contributed by atoms with Gasteiger partial charge in [-0.25, -0.2) is 0 Å². The van der Waals surface area contributed by atoms with Crippen molar-refractivity contribution in [3.05, 3.63) is 58.6 Å². The number of aromatic amines is 1. The number of H-pyrrole nitrogens is 1. The van der Waals surface area contributed by atoms with Gasteiger partial charge < -0.3 is 9.72 Å². The van der Waals surface area contributed by atoms with Crippen LogP contribution in [0.1, 0.15) is 0 Å². The molecule has 0 atom stereocenters. The lowest BCUT2D eigenvalue weighted by Crippen LogP contribution is -1.89. The smallest absolute Gasteiger partial charge is 0.302 e. The Hall–Kier alpha value is -2.82. The number of rotatable bonds is 3. The standard InChI is InChI=1S/C15H12N2O3/c1-20-11-7-8-12-13(9-11)16-14(15(12)17(18)19)10-5-3-2-4-6-10/h2-9,16H,1H3. The summed E-state index contributed by atoms with van der Waals surface area (Å²) >= 11 is 0. The van der Waals surface area contributed by atoms with E-state index in [1.807, 2.05) is 30.3 Å². The molecule has 1 heterocycles. The lowest BCUT2D eigenvalue weighted by atomic mass is 10.1. The number of hydrogen-bond donors (Lipinski definition) is 1. The fourth-order valence-corrected chi connectivity index (χ4v) is 2.29. The summed E-state index contributed by atoms with van der Waals surface area (Å²) in [4.78, 5) is 14.1. The first-order valence-electron chi connectivity index (χ1n) is 6.10.